The van der Waals surface area contributed by atoms with Crippen molar-refractivity contribution in [3.05, 3.63) is 12.7 Å². The Morgan fingerprint density at radius 1 is 1.22 bits per heavy atom. The number of hydrogen-bond acceptors (Lipinski definition) is 3. The van der Waals surface area contributed by atoms with Crippen molar-refractivity contribution in [3.63, 3.8) is 0 Å². The minimum absolute atomic E-state index is 0.0201. The van der Waals surface area contributed by atoms with E-state index in [0.717, 1.165) is 0 Å². The van der Waals surface area contributed by atoms with E-state index in [2.05, 4.69) is 6.58 Å². The third kappa shape index (κ3) is 2.79. The predicted octanol–water partition coefficient (Wildman–Crippen LogP) is 3.02. The number of aliphatic hydroxyl groups is 1. The molecule has 3 nitrogen and oxygen atoms in total. The number of rotatable bonds is 3. The van der Waals surface area contributed by atoms with Gasteiger partial charge in [0.2, 0.25) is 0 Å². The van der Waals surface area contributed by atoms with Crippen LogP contribution in [-0.4, -0.2) is 28.7 Å². The average Bonchev–Trinajstić information content (AvgIpc) is 2.67. The molecule has 0 radical (unpaired) electrons. The molecule has 18 heavy (non-hydrogen) atoms. The van der Waals surface area contributed by atoms with Gasteiger partial charge in [0, 0.05) is 0 Å². The molecule has 0 aromatic heterocycles. The van der Waals surface area contributed by atoms with E-state index in [0.29, 0.717) is 5.92 Å². The number of hydrogen-bond donors (Lipinski definition) is 1. The lowest BCUT2D eigenvalue weighted by atomic mass is 9.80. The van der Waals surface area contributed by atoms with Gasteiger partial charge in [-0.3, -0.25) is 0 Å². The van der Waals surface area contributed by atoms with E-state index >= 15 is 0 Å². The van der Waals surface area contributed by atoms with E-state index in [1.807, 2.05) is 13.8 Å². The maximum Gasteiger partial charge on any atom is 0.163 e. The van der Waals surface area contributed by atoms with E-state index in [1.165, 1.54) is 32.1 Å². The molecule has 3 heteroatoms. The molecule has 0 aromatic rings. The van der Waals surface area contributed by atoms with Crippen LogP contribution in [0.3, 0.4) is 0 Å². The Balaban J connectivity index is 2.17. The molecule has 2 fully saturated rings. The molecule has 2 aliphatic rings. The molecule has 1 aliphatic carbocycles. The van der Waals surface area contributed by atoms with Crippen LogP contribution in [0.5, 0.6) is 0 Å². The summed E-state index contributed by atoms with van der Waals surface area (Å²) in [5.41, 5.74) is -1.03. The smallest absolute Gasteiger partial charge is 0.163 e. The maximum absolute atomic E-state index is 10.4. The lowest BCUT2D eigenvalue weighted by Crippen LogP contribution is -2.47. The van der Waals surface area contributed by atoms with E-state index in [4.69, 9.17) is 9.47 Å². The van der Waals surface area contributed by atoms with Gasteiger partial charge in [-0.15, -0.1) is 6.58 Å². The van der Waals surface area contributed by atoms with Gasteiger partial charge < -0.3 is 14.6 Å². The first-order valence-corrected chi connectivity index (χ1v) is 7.07. The molecular weight excluding hydrogens is 228 g/mol. The molecule has 0 bridgehead atoms. The van der Waals surface area contributed by atoms with Crippen molar-refractivity contribution in [2.75, 3.05) is 0 Å². The second-order valence-electron chi connectivity index (χ2n) is 6.35. The van der Waals surface area contributed by atoms with Gasteiger partial charge in [0.25, 0.3) is 0 Å². The lowest BCUT2D eigenvalue weighted by molar-refractivity contribution is -0.163. The zero-order chi connectivity index (χ0) is 13.4. The fraction of sp³-hybridized carbons (Fsp3) is 0.867. The fourth-order valence-corrected chi connectivity index (χ4v) is 3.16. The quantitative estimate of drug-likeness (QED) is 0.787. The van der Waals surface area contributed by atoms with Crippen molar-refractivity contribution in [1.82, 2.24) is 0 Å². The van der Waals surface area contributed by atoms with Gasteiger partial charge in [-0.25, -0.2) is 0 Å². The van der Waals surface area contributed by atoms with Crippen LogP contribution < -0.4 is 0 Å². The highest BCUT2D eigenvalue weighted by molar-refractivity contribution is 5.05. The minimum atomic E-state index is -1.03. The highest BCUT2D eigenvalue weighted by Gasteiger charge is 2.51. The van der Waals surface area contributed by atoms with Crippen LogP contribution in [0.4, 0.5) is 0 Å². The van der Waals surface area contributed by atoms with Gasteiger partial charge in [0.05, 0.1) is 6.10 Å². The van der Waals surface area contributed by atoms with Crippen LogP contribution in [0, 0.1) is 5.92 Å². The Kier molecular flexibility index (Phi) is 3.86. The summed E-state index contributed by atoms with van der Waals surface area (Å²) in [5.74, 6) is -0.114. The zero-order valence-corrected chi connectivity index (χ0v) is 11.8. The van der Waals surface area contributed by atoms with Crippen molar-refractivity contribution in [1.29, 1.82) is 0 Å². The molecule has 0 unspecified atom stereocenters. The first kappa shape index (κ1) is 14.0. The van der Waals surface area contributed by atoms with Gasteiger partial charge >= 0.3 is 0 Å². The second kappa shape index (κ2) is 4.95. The molecule has 1 heterocycles. The molecular formula is C15H26O3. The van der Waals surface area contributed by atoms with Crippen molar-refractivity contribution >= 4 is 0 Å². The third-order valence-electron chi connectivity index (χ3n) is 4.23. The Morgan fingerprint density at radius 2 is 1.83 bits per heavy atom. The first-order valence-electron chi connectivity index (χ1n) is 7.07. The highest BCUT2D eigenvalue weighted by Crippen LogP contribution is 2.41. The lowest BCUT2D eigenvalue weighted by Gasteiger charge is -2.34. The average molecular weight is 254 g/mol. The standard InChI is InChI=1S/C15H26O3/c1-5-15(4,16)13-12(17-14(2,3)18-13)11-9-7-6-8-10-11/h5,11-13,16H,1,6-10H2,2-4H3/t12-,13-,15-/m1/s1. The molecule has 0 amide bonds. The molecule has 1 N–H and O–H groups in total. The van der Waals surface area contributed by atoms with Gasteiger partial charge in [0.15, 0.2) is 5.79 Å². The van der Waals surface area contributed by atoms with Crippen molar-refractivity contribution in [2.45, 2.75) is 76.5 Å². The van der Waals surface area contributed by atoms with Crippen LogP contribution in [0.2, 0.25) is 0 Å². The van der Waals surface area contributed by atoms with Gasteiger partial charge in [-0.2, -0.15) is 0 Å². The summed E-state index contributed by atoms with van der Waals surface area (Å²) in [7, 11) is 0. The molecule has 0 aromatic carbocycles. The third-order valence-corrected chi connectivity index (χ3v) is 4.23. The van der Waals surface area contributed by atoms with Crippen LogP contribution in [0.1, 0.15) is 52.9 Å². The first-order chi connectivity index (χ1) is 8.36. The molecule has 1 aliphatic heterocycles. The highest BCUT2D eigenvalue weighted by atomic mass is 16.8. The van der Waals surface area contributed by atoms with Crippen LogP contribution >= 0.6 is 0 Å². The zero-order valence-electron chi connectivity index (χ0n) is 11.8. The van der Waals surface area contributed by atoms with Crippen molar-refractivity contribution in [2.24, 2.45) is 5.92 Å². The minimum Gasteiger partial charge on any atom is -0.383 e. The molecule has 1 saturated heterocycles. The van der Waals surface area contributed by atoms with E-state index < -0.39 is 11.4 Å². The van der Waals surface area contributed by atoms with Crippen molar-refractivity contribution in [3.8, 4) is 0 Å². The summed E-state index contributed by atoms with van der Waals surface area (Å²) in [4.78, 5) is 0. The molecule has 3 atom stereocenters. The van der Waals surface area contributed by atoms with Crippen LogP contribution in [-0.2, 0) is 9.47 Å². The summed E-state index contributed by atoms with van der Waals surface area (Å²) in [6.45, 7) is 9.31. The topological polar surface area (TPSA) is 38.7 Å². The molecule has 0 spiro atoms. The molecule has 1 saturated carbocycles. The Morgan fingerprint density at radius 3 is 2.39 bits per heavy atom. The monoisotopic (exact) mass is 254 g/mol. The van der Waals surface area contributed by atoms with Gasteiger partial charge in [-0.05, 0) is 39.5 Å². The Labute approximate surface area is 110 Å². The van der Waals surface area contributed by atoms with Crippen LogP contribution in [0.15, 0.2) is 12.7 Å². The summed E-state index contributed by atoms with van der Waals surface area (Å²) >= 11 is 0. The normalized spacial score (nSPS) is 36.2. The maximum atomic E-state index is 10.4. The van der Waals surface area contributed by atoms with E-state index in [1.54, 1.807) is 13.0 Å². The SMILES string of the molecule is C=C[C@@](C)(O)[C@@H]1OC(C)(C)O[C@@H]1C1CCCCC1. The summed E-state index contributed by atoms with van der Waals surface area (Å²) in [6, 6.07) is 0. The Bertz CT molecular complexity index is 303. The number of ether oxygens (including phenoxy) is 2. The van der Waals surface area contributed by atoms with E-state index in [9.17, 15) is 5.11 Å². The predicted molar refractivity (Wildman–Crippen MR) is 71.2 cm³/mol. The molecule has 2 rings (SSSR count). The van der Waals surface area contributed by atoms with Crippen molar-refractivity contribution < 1.29 is 14.6 Å². The summed E-state index contributed by atoms with van der Waals surface area (Å²) in [5, 5.41) is 10.4. The van der Waals surface area contributed by atoms with Crippen LogP contribution in [0.25, 0.3) is 0 Å². The second-order valence-corrected chi connectivity index (χ2v) is 6.35. The molecule has 104 valence electrons. The van der Waals surface area contributed by atoms with E-state index in [-0.39, 0.29) is 12.2 Å². The fourth-order valence-electron chi connectivity index (χ4n) is 3.16. The largest absolute Gasteiger partial charge is 0.383 e. The summed E-state index contributed by atoms with van der Waals surface area (Å²) in [6.07, 6.45) is 7.42. The van der Waals surface area contributed by atoms with Gasteiger partial charge in [0.1, 0.15) is 11.7 Å². The summed E-state index contributed by atoms with van der Waals surface area (Å²) < 4.78 is 12.0. The van der Waals surface area contributed by atoms with Gasteiger partial charge in [-0.1, -0.05) is 25.3 Å². The Hall–Kier alpha value is -0.380.